The number of nitrogens with one attached hydrogen (secondary N) is 2. The van der Waals surface area contributed by atoms with Crippen molar-refractivity contribution in [1.82, 2.24) is 15.3 Å². The first-order valence-corrected chi connectivity index (χ1v) is 9.82. The number of hydrogen-bond donors (Lipinski definition) is 3. The van der Waals surface area contributed by atoms with Crippen molar-refractivity contribution in [3.63, 3.8) is 0 Å². The average molecular weight is 406 g/mol. The molecule has 0 bridgehead atoms. The molecule has 0 aliphatic rings. The second-order valence-corrected chi connectivity index (χ2v) is 7.58. The number of nitrogens with zero attached hydrogens (tertiary/aromatic N) is 2. The largest absolute Gasteiger partial charge is 0.480 e. The second kappa shape index (κ2) is 9.26. The molecule has 2 aromatic carbocycles. The molecule has 156 valence electrons. The maximum Gasteiger partial charge on any atom is 0.326 e. The molecule has 0 saturated carbocycles. The normalized spacial score (nSPS) is 11.9. The number of aromatic nitrogens is 2. The van der Waals surface area contributed by atoms with Gasteiger partial charge in [0, 0.05) is 24.5 Å². The van der Waals surface area contributed by atoms with Crippen molar-refractivity contribution >= 4 is 23.4 Å². The predicted molar refractivity (Wildman–Crippen MR) is 117 cm³/mol. The lowest BCUT2D eigenvalue weighted by Crippen LogP contribution is -2.41. The third-order valence-corrected chi connectivity index (χ3v) is 4.86. The van der Waals surface area contributed by atoms with Gasteiger partial charge in [-0.1, -0.05) is 44.2 Å². The standard InChI is InChI=1S/C23H26N4O3/c1-15(2)11-20(23(29)30)26-22(28)18-10-9-17(27(3)21-13-24-14-25-21)12-19(18)16-7-5-4-6-8-16/h4-10,12-15,20H,11H2,1-3H3,(H,24,25)(H,26,28)(H,29,30). The molecule has 0 radical (unpaired) electrons. The van der Waals surface area contributed by atoms with E-state index in [1.54, 1.807) is 18.6 Å². The molecule has 7 nitrogen and oxygen atoms in total. The van der Waals surface area contributed by atoms with E-state index in [4.69, 9.17) is 0 Å². The Morgan fingerprint density at radius 1 is 1.17 bits per heavy atom. The average Bonchev–Trinajstić information content (AvgIpc) is 3.27. The number of anilines is 2. The number of rotatable bonds is 8. The second-order valence-electron chi connectivity index (χ2n) is 7.58. The van der Waals surface area contributed by atoms with Crippen LogP contribution in [0.25, 0.3) is 11.1 Å². The molecular weight excluding hydrogens is 380 g/mol. The van der Waals surface area contributed by atoms with E-state index in [1.807, 2.05) is 68.3 Å². The third kappa shape index (κ3) is 4.86. The van der Waals surface area contributed by atoms with Gasteiger partial charge in [0.25, 0.3) is 5.91 Å². The summed E-state index contributed by atoms with van der Waals surface area (Å²) in [7, 11) is 1.89. The van der Waals surface area contributed by atoms with Crippen LogP contribution in [0.3, 0.4) is 0 Å². The fourth-order valence-corrected chi connectivity index (χ4v) is 3.29. The highest BCUT2D eigenvalue weighted by atomic mass is 16.4. The number of aliphatic carboxylic acids is 1. The summed E-state index contributed by atoms with van der Waals surface area (Å²) in [6.07, 6.45) is 3.75. The zero-order valence-corrected chi connectivity index (χ0v) is 17.3. The Morgan fingerprint density at radius 3 is 2.50 bits per heavy atom. The van der Waals surface area contributed by atoms with Crippen LogP contribution < -0.4 is 10.2 Å². The van der Waals surface area contributed by atoms with Crippen LogP contribution in [0.2, 0.25) is 0 Å². The van der Waals surface area contributed by atoms with Crippen LogP contribution in [0.15, 0.2) is 61.1 Å². The van der Waals surface area contributed by atoms with Crippen molar-refractivity contribution in [2.24, 2.45) is 5.92 Å². The van der Waals surface area contributed by atoms with Crippen LogP contribution in [0.4, 0.5) is 11.5 Å². The molecule has 30 heavy (non-hydrogen) atoms. The highest BCUT2D eigenvalue weighted by molar-refractivity contribution is 6.03. The van der Waals surface area contributed by atoms with Crippen LogP contribution >= 0.6 is 0 Å². The number of hydrogen-bond acceptors (Lipinski definition) is 4. The van der Waals surface area contributed by atoms with Crippen molar-refractivity contribution in [3.05, 3.63) is 66.6 Å². The Hall–Kier alpha value is -3.61. The van der Waals surface area contributed by atoms with Crippen molar-refractivity contribution in [1.29, 1.82) is 0 Å². The third-order valence-electron chi connectivity index (χ3n) is 4.86. The molecule has 0 aliphatic heterocycles. The maximum absolute atomic E-state index is 13.0. The smallest absolute Gasteiger partial charge is 0.326 e. The minimum atomic E-state index is -1.03. The van der Waals surface area contributed by atoms with Gasteiger partial charge in [-0.3, -0.25) is 4.79 Å². The minimum Gasteiger partial charge on any atom is -0.480 e. The Kier molecular flexibility index (Phi) is 6.51. The molecule has 1 unspecified atom stereocenters. The number of benzene rings is 2. The van der Waals surface area contributed by atoms with E-state index in [0.29, 0.717) is 12.0 Å². The van der Waals surface area contributed by atoms with E-state index in [1.165, 1.54) is 0 Å². The lowest BCUT2D eigenvalue weighted by Gasteiger charge is -2.21. The summed E-state index contributed by atoms with van der Waals surface area (Å²) in [5, 5.41) is 12.2. The van der Waals surface area contributed by atoms with Crippen molar-refractivity contribution in [3.8, 4) is 11.1 Å². The molecule has 3 aromatic rings. The van der Waals surface area contributed by atoms with Gasteiger partial charge < -0.3 is 20.3 Å². The minimum absolute atomic E-state index is 0.143. The lowest BCUT2D eigenvalue weighted by atomic mass is 9.97. The van der Waals surface area contributed by atoms with E-state index in [2.05, 4.69) is 15.3 Å². The summed E-state index contributed by atoms with van der Waals surface area (Å²) in [5.41, 5.74) is 2.88. The molecule has 1 heterocycles. The van der Waals surface area contributed by atoms with E-state index < -0.39 is 17.9 Å². The maximum atomic E-state index is 13.0. The van der Waals surface area contributed by atoms with Crippen LogP contribution in [0.1, 0.15) is 30.6 Å². The van der Waals surface area contributed by atoms with Gasteiger partial charge in [-0.05, 0) is 41.7 Å². The van der Waals surface area contributed by atoms with Crippen molar-refractivity contribution in [2.45, 2.75) is 26.3 Å². The fourth-order valence-electron chi connectivity index (χ4n) is 3.29. The van der Waals surface area contributed by atoms with Crippen LogP contribution in [-0.2, 0) is 4.79 Å². The van der Waals surface area contributed by atoms with Gasteiger partial charge in [-0.25, -0.2) is 9.78 Å². The van der Waals surface area contributed by atoms with Crippen molar-refractivity contribution in [2.75, 3.05) is 11.9 Å². The Balaban J connectivity index is 1.99. The SMILES string of the molecule is CC(C)CC(NC(=O)c1ccc(N(C)c2c[nH]cn2)cc1-c1ccccc1)C(=O)O. The number of carbonyl (C=O) groups is 2. The molecule has 7 heteroatoms. The van der Waals surface area contributed by atoms with Gasteiger partial charge in [0.05, 0.1) is 6.33 Å². The van der Waals surface area contributed by atoms with Crippen molar-refractivity contribution < 1.29 is 14.7 Å². The highest BCUT2D eigenvalue weighted by Crippen LogP contribution is 2.31. The van der Waals surface area contributed by atoms with Gasteiger partial charge in [-0.15, -0.1) is 0 Å². The molecule has 1 atom stereocenters. The summed E-state index contributed by atoms with van der Waals surface area (Å²) >= 11 is 0. The quantitative estimate of drug-likeness (QED) is 0.524. The van der Waals surface area contributed by atoms with Crippen LogP contribution in [-0.4, -0.2) is 40.0 Å². The number of aromatic amines is 1. The first kappa shape index (κ1) is 21.1. The molecule has 0 spiro atoms. The summed E-state index contributed by atoms with van der Waals surface area (Å²) < 4.78 is 0. The Bertz CT molecular complexity index is 1000. The molecular formula is C23H26N4O3. The first-order chi connectivity index (χ1) is 14.4. The molecule has 1 aromatic heterocycles. The molecule has 1 amide bonds. The number of H-pyrrole nitrogens is 1. The summed E-state index contributed by atoms with van der Waals surface area (Å²) in [5.74, 6) is -0.553. The summed E-state index contributed by atoms with van der Waals surface area (Å²) in [4.78, 5) is 33.7. The zero-order chi connectivity index (χ0) is 21.7. The Labute approximate surface area is 175 Å². The molecule has 0 fully saturated rings. The predicted octanol–water partition coefficient (Wildman–Crippen LogP) is 4.07. The van der Waals surface area contributed by atoms with E-state index in [9.17, 15) is 14.7 Å². The monoisotopic (exact) mass is 406 g/mol. The van der Waals surface area contributed by atoms with Gasteiger partial charge in [0.2, 0.25) is 0 Å². The van der Waals surface area contributed by atoms with E-state index in [0.717, 1.165) is 22.6 Å². The highest BCUT2D eigenvalue weighted by Gasteiger charge is 2.24. The number of carbonyl (C=O) groups excluding carboxylic acids is 1. The number of carboxylic acid groups (broad SMARTS) is 1. The van der Waals surface area contributed by atoms with Gasteiger partial charge >= 0.3 is 5.97 Å². The summed E-state index contributed by atoms with van der Waals surface area (Å²) in [6, 6.07) is 14.1. The van der Waals surface area contributed by atoms with Gasteiger partial charge in [0.1, 0.15) is 6.04 Å². The van der Waals surface area contributed by atoms with Crippen LogP contribution in [0, 0.1) is 5.92 Å². The van der Waals surface area contributed by atoms with Gasteiger partial charge in [-0.2, -0.15) is 0 Å². The number of amides is 1. The molecule has 3 rings (SSSR count). The molecule has 3 N–H and O–H groups in total. The first-order valence-electron chi connectivity index (χ1n) is 9.82. The lowest BCUT2D eigenvalue weighted by molar-refractivity contribution is -0.139. The topological polar surface area (TPSA) is 98.3 Å². The van der Waals surface area contributed by atoms with Crippen LogP contribution in [0.5, 0.6) is 0 Å². The molecule has 0 saturated heterocycles. The van der Waals surface area contributed by atoms with Gasteiger partial charge in [0.15, 0.2) is 5.82 Å². The Morgan fingerprint density at radius 2 is 1.90 bits per heavy atom. The summed E-state index contributed by atoms with van der Waals surface area (Å²) in [6.45, 7) is 3.86. The number of carboxylic acids is 1. The van der Waals surface area contributed by atoms with E-state index in [-0.39, 0.29) is 5.92 Å². The van der Waals surface area contributed by atoms with E-state index >= 15 is 0 Å². The zero-order valence-electron chi connectivity index (χ0n) is 17.3. The fraction of sp³-hybridized carbons (Fsp3) is 0.261. The number of imidazole rings is 1. The molecule has 0 aliphatic carbocycles.